The van der Waals surface area contributed by atoms with Crippen molar-refractivity contribution in [1.82, 2.24) is 0 Å². The lowest BCUT2D eigenvalue weighted by atomic mass is 10.1. The van der Waals surface area contributed by atoms with Crippen molar-refractivity contribution in [2.45, 2.75) is 148 Å². The fraction of sp³-hybridized carbons (Fsp3) is 0.652. The van der Waals surface area contributed by atoms with Gasteiger partial charge in [0.2, 0.25) is 0 Å². The van der Waals surface area contributed by atoms with Crippen molar-refractivity contribution in [3.63, 3.8) is 0 Å². The van der Waals surface area contributed by atoms with Crippen molar-refractivity contribution < 1.29 is 52.3 Å². The Labute approximate surface area is 351 Å². The fourth-order valence-corrected chi connectivity index (χ4v) is 5.90. The van der Waals surface area contributed by atoms with E-state index in [0.29, 0.717) is 36.7 Å². The van der Waals surface area contributed by atoms with Crippen molar-refractivity contribution >= 4 is 19.8 Å². The molecule has 332 valence electrons. The lowest BCUT2D eigenvalue weighted by Gasteiger charge is -2.28. The van der Waals surface area contributed by atoms with Crippen LogP contribution in [0.4, 0.5) is 0 Å². The van der Waals surface area contributed by atoms with Gasteiger partial charge in [-0.25, -0.2) is 0 Å². The third kappa shape index (κ3) is 39.9. The summed E-state index contributed by atoms with van der Waals surface area (Å²) in [5.41, 5.74) is 0. The van der Waals surface area contributed by atoms with Crippen molar-refractivity contribution in [2.24, 2.45) is 0 Å². The van der Waals surface area contributed by atoms with E-state index >= 15 is 0 Å². The van der Waals surface area contributed by atoms with Crippen LogP contribution in [-0.2, 0) is 32.7 Å². The van der Waals surface area contributed by atoms with E-state index < -0.39 is 44.7 Å². The number of phosphoric acid groups is 1. The van der Waals surface area contributed by atoms with Gasteiger partial charge < -0.3 is 38.1 Å². The molecule has 0 bridgehead atoms. The molecule has 2 N–H and O–H groups in total. The molecule has 0 amide bonds. The van der Waals surface area contributed by atoms with Crippen molar-refractivity contribution in [2.75, 3.05) is 47.5 Å². The van der Waals surface area contributed by atoms with Crippen LogP contribution in [0.3, 0.4) is 0 Å². The monoisotopic (exact) mass is 836 g/mol. The molecule has 0 aromatic carbocycles. The van der Waals surface area contributed by atoms with Crippen LogP contribution >= 0.6 is 7.82 Å². The Morgan fingerprint density at radius 3 is 1.86 bits per heavy atom. The number of allylic oxidation sites excluding steroid dienone is 12. The normalized spacial score (nSPS) is 15.5. The van der Waals surface area contributed by atoms with Crippen LogP contribution in [0, 0.1) is 0 Å². The van der Waals surface area contributed by atoms with Gasteiger partial charge in [0.15, 0.2) is 6.10 Å². The van der Waals surface area contributed by atoms with Gasteiger partial charge in [-0.2, -0.15) is 0 Å². The Hall–Kier alpha value is -2.89. The minimum Gasteiger partial charge on any atom is -0.756 e. The number of nitrogens with zero attached hydrogens (tertiary/aromatic N) is 1. The molecule has 1 unspecified atom stereocenters. The number of aliphatic hydroxyl groups excluding tert-OH is 2. The number of quaternary nitrogens is 1. The number of carbonyl (C=O) groups is 2. The topological polar surface area (TPSA) is 152 Å². The van der Waals surface area contributed by atoms with Crippen LogP contribution in [0.1, 0.15) is 129 Å². The summed E-state index contributed by atoms with van der Waals surface area (Å²) in [6.07, 6.45) is 39.7. The Balaban J connectivity index is 4.65. The van der Waals surface area contributed by atoms with Gasteiger partial charge in [0.25, 0.3) is 7.82 Å². The Morgan fingerprint density at radius 1 is 0.655 bits per heavy atom. The molecule has 0 heterocycles. The first-order valence-electron chi connectivity index (χ1n) is 21.5. The van der Waals surface area contributed by atoms with Gasteiger partial charge >= 0.3 is 11.9 Å². The van der Waals surface area contributed by atoms with E-state index in [2.05, 4.69) is 50.3 Å². The molecule has 4 atom stereocenters. The van der Waals surface area contributed by atoms with Gasteiger partial charge in [-0.3, -0.25) is 14.2 Å². The Bertz CT molecular complexity index is 1300. The minimum atomic E-state index is -4.69. The lowest BCUT2D eigenvalue weighted by molar-refractivity contribution is -0.870. The first-order valence-corrected chi connectivity index (χ1v) is 23.0. The number of hydrogen-bond donors (Lipinski definition) is 2. The molecule has 0 aromatic heterocycles. The maximum Gasteiger partial charge on any atom is 0.306 e. The number of phosphoric ester groups is 1. The number of likely N-dealkylation sites (N-methyl/N-ethyl adjacent to an activating group) is 1. The molecule has 0 spiro atoms. The molecule has 0 aliphatic heterocycles. The number of ether oxygens (including phenoxy) is 2. The predicted molar refractivity (Wildman–Crippen MR) is 234 cm³/mol. The molecule has 0 rings (SSSR count). The molecule has 12 heteroatoms. The third-order valence-corrected chi connectivity index (χ3v) is 9.57. The van der Waals surface area contributed by atoms with Gasteiger partial charge in [0.05, 0.1) is 40.0 Å². The van der Waals surface area contributed by atoms with Gasteiger partial charge in [-0.15, -0.1) is 0 Å². The highest BCUT2D eigenvalue weighted by Crippen LogP contribution is 2.38. The van der Waals surface area contributed by atoms with E-state index in [4.69, 9.17) is 18.5 Å². The summed E-state index contributed by atoms with van der Waals surface area (Å²) in [4.78, 5) is 37.5. The molecular weight excluding hydrogens is 757 g/mol. The molecule has 0 fully saturated rings. The molecule has 0 aliphatic carbocycles. The average Bonchev–Trinajstić information content (AvgIpc) is 3.16. The van der Waals surface area contributed by atoms with Gasteiger partial charge in [0, 0.05) is 12.8 Å². The highest BCUT2D eigenvalue weighted by molar-refractivity contribution is 7.45. The van der Waals surface area contributed by atoms with Crippen LogP contribution in [0.25, 0.3) is 0 Å². The highest BCUT2D eigenvalue weighted by atomic mass is 31.2. The molecule has 0 saturated carbocycles. The number of esters is 2. The van der Waals surface area contributed by atoms with Gasteiger partial charge in [-0.1, -0.05) is 137 Å². The molecule has 11 nitrogen and oxygen atoms in total. The van der Waals surface area contributed by atoms with Crippen molar-refractivity contribution in [1.29, 1.82) is 0 Å². The maximum atomic E-state index is 12.7. The van der Waals surface area contributed by atoms with Crippen molar-refractivity contribution in [3.05, 3.63) is 85.1 Å². The molecule has 58 heavy (non-hydrogen) atoms. The summed E-state index contributed by atoms with van der Waals surface area (Å²) >= 11 is 0. The van der Waals surface area contributed by atoms with Gasteiger partial charge in [-0.05, 0) is 64.2 Å². The quantitative estimate of drug-likeness (QED) is 0.0155. The number of rotatable bonds is 37. The molecule has 0 aromatic rings. The van der Waals surface area contributed by atoms with E-state index in [9.17, 15) is 29.3 Å². The Kier molecular flexibility index (Phi) is 35.3. The number of aliphatic hydroxyl groups is 2. The molecular formula is C46H78NO10P. The molecule has 0 saturated heterocycles. The van der Waals surface area contributed by atoms with Gasteiger partial charge in [0.1, 0.15) is 19.8 Å². The highest BCUT2D eigenvalue weighted by Gasteiger charge is 2.22. The lowest BCUT2D eigenvalue weighted by Crippen LogP contribution is -2.37. The van der Waals surface area contributed by atoms with Crippen LogP contribution in [0.2, 0.25) is 0 Å². The number of hydrogen-bond acceptors (Lipinski definition) is 10. The second kappa shape index (κ2) is 37.1. The minimum absolute atomic E-state index is 0.0197. The van der Waals surface area contributed by atoms with E-state index in [1.165, 1.54) is 0 Å². The Morgan fingerprint density at radius 2 is 1.22 bits per heavy atom. The summed E-state index contributed by atoms with van der Waals surface area (Å²) < 4.78 is 33.6. The van der Waals surface area contributed by atoms with Crippen LogP contribution in [0.15, 0.2) is 85.1 Å². The zero-order valence-electron chi connectivity index (χ0n) is 36.4. The van der Waals surface area contributed by atoms with E-state index in [1.54, 1.807) is 18.2 Å². The third-order valence-electron chi connectivity index (χ3n) is 8.61. The SMILES string of the molecule is CC/C=C\C/C=C\C/C=C\CCCCCCCC(=O)O[C@H](COC(=O)CCC[C@@H](O)/C=C/C=C\C/C=C\C=C\[C@@H](O)CCCCC)COP(=O)([O-])OCC[N+](C)(C)C. The zero-order chi connectivity index (χ0) is 43.2. The van der Waals surface area contributed by atoms with E-state index in [1.807, 2.05) is 51.5 Å². The second-order valence-corrected chi connectivity index (χ2v) is 16.8. The standard InChI is InChI=1S/C46H78NO10P/c1-6-8-10-11-12-13-14-15-16-17-18-19-23-26-30-36-46(51)57-44(41-56-58(52,53)55-39-38-47(3,4)5)40-54-45(50)37-31-35-43(49)34-29-25-22-20-21-24-28-33-42(48)32-27-9-7-2/h8,10,12-13,15-16,21-22,24-25,28-29,33-34,42-44,48-49H,6-7,9,11,14,17-20,23,26-27,30-32,35-41H2,1-5H3/b10-8-,13-12-,16-15-,24-21-,25-22-,33-28+,34-29+/t42-,43-,44+/m0/s1. The largest absolute Gasteiger partial charge is 0.756 e. The summed E-state index contributed by atoms with van der Waals surface area (Å²) in [6.45, 7) is 3.70. The smallest absolute Gasteiger partial charge is 0.306 e. The average molecular weight is 836 g/mol. The summed E-state index contributed by atoms with van der Waals surface area (Å²) in [5.74, 6) is -1.09. The first-order chi connectivity index (χ1) is 27.8. The molecule has 0 aliphatic rings. The van der Waals surface area contributed by atoms with Crippen LogP contribution < -0.4 is 4.89 Å². The van der Waals surface area contributed by atoms with E-state index in [-0.39, 0.29) is 26.1 Å². The maximum absolute atomic E-state index is 12.7. The fourth-order valence-electron chi connectivity index (χ4n) is 5.17. The van der Waals surface area contributed by atoms with E-state index in [0.717, 1.165) is 77.0 Å². The summed E-state index contributed by atoms with van der Waals surface area (Å²) in [7, 11) is 1.01. The predicted octanol–water partition coefficient (Wildman–Crippen LogP) is 9.33. The summed E-state index contributed by atoms with van der Waals surface area (Å²) in [5, 5.41) is 20.2. The second-order valence-electron chi connectivity index (χ2n) is 15.4. The zero-order valence-corrected chi connectivity index (χ0v) is 37.3. The van der Waals surface area contributed by atoms with Crippen molar-refractivity contribution in [3.8, 4) is 0 Å². The number of unbranched alkanes of at least 4 members (excludes halogenated alkanes) is 7. The first kappa shape index (κ1) is 55.1. The molecule has 0 radical (unpaired) electrons. The van der Waals surface area contributed by atoms with Crippen LogP contribution in [-0.4, -0.2) is 92.5 Å². The number of carbonyl (C=O) groups excluding carboxylic acids is 2. The summed E-state index contributed by atoms with van der Waals surface area (Å²) in [6, 6.07) is 0. The van der Waals surface area contributed by atoms with Crippen LogP contribution in [0.5, 0.6) is 0 Å².